The van der Waals surface area contributed by atoms with Crippen LogP contribution < -0.4 is 10.1 Å². The monoisotopic (exact) mass is 472 g/mol. The summed E-state index contributed by atoms with van der Waals surface area (Å²) in [5, 5.41) is 12.4. The van der Waals surface area contributed by atoms with Crippen molar-refractivity contribution in [2.75, 3.05) is 11.1 Å². The molecule has 0 spiro atoms. The van der Waals surface area contributed by atoms with Gasteiger partial charge in [-0.15, -0.1) is 10.2 Å². The molecular formula is C27H28N4O2S. The van der Waals surface area contributed by atoms with Gasteiger partial charge in [0, 0.05) is 5.69 Å². The lowest BCUT2D eigenvalue weighted by Crippen LogP contribution is -2.16. The third kappa shape index (κ3) is 6.05. The Bertz CT molecular complexity index is 1270. The molecule has 7 heteroatoms. The Hall–Kier alpha value is -3.58. The van der Waals surface area contributed by atoms with E-state index in [9.17, 15) is 4.79 Å². The lowest BCUT2D eigenvalue weighted by molar-refractivity contribution is -0.113. The Balaban J connectivity index is 1.48. The number of aromatic nitrogens is 3. The number of anilines is 1. The zero-order valence-electron chi connectivity index (χ0n) is 19.6. The van der Waals surface area contributed by atoms with Gasteiger partial charge in [-0.3, -0.25) is 9.36 Å². The maximum atomic E-state index is 12.7. The van der Waals surface area contributed by atoms with Crippen LogP contribution in [-0.4, -0.2) is 26.4 Å². The Morgan fingerprint density at radius 2 is 1.76 bits per heavy atom. The average molecular weight is 473 g/mol. The van der Waals surface area contributed by atoms with E-state index in [4.69, 9.17) is 4.74 Å². The molecule has 0 aliphatic heterocycles. The van der Waals surface area contributed by atoms with Crippen molar-refractivity contribution in [3.63, 3.8) is 0 Å². The third-order valence-electron chi connectivity index (χ3n) is 5.55. The third-order valence-corrected chi connectivity index (χ3v) is 6.51. The van der Waals surface area contributed by atoms with E-state index in [-0.39, 0.29) is 11.7 Å². The summed E-state index contributed by atoms with van der Waals surface area (Å²) in [6, 6.07) is 23.9. The molecule has 0 bridgehead atoms. The molecule has 4 aromatic rings. The zero-order chi connectivity index (χ0) is 23.9. The molecule has 3 aromatic carbocycles. The molecule has 0 saturated carbocycles. The van der Waals surface area contributed by atoms with E-state index in [1.165, 1.54) is 11.8 Å². The van der Waals surface area contributed by atoms with Crippen LogP contribution in [0.5, 0.6) is 5.75 Å². The summed E-state index contributed by atoms with van der Waals surface area (Å²) < 4.78 is 8.00. The topological polar surface area (TPSA) is 69.0 Å². The average Bonchev–Trinajstić information content (AvgIpc) is 3.21. The van der Waals surface area contributed by atoms with Crippen molar-refractivity contribution in [2.24, 2.45) is 0 Å². The highest BCUT2D eigenvalue weighted by Gasteiger charge is 2.16. The standard InChI is InChI=1S/C27H28N4O2S/c1-19-9-7-13-23(15-19)33-17-25-29-30-27(31(25)16-22-11-5-4-6-12-22)34-18-26(32)28-24-14-8-10-20(2)21(24)3/h4-15H,16-18H2,1-3H3,(H,28,32). The molecule has 0 atom stereocenters. The second kappa shape index (κ2) is 11.0. The molecule has 1 N–H and O–H groups in total. The summed E-state index contributed by atoms with van der Waals surface area (Å²) in [4.78, 5) is 12.7. The van der Waals surface area contributed by atoms with Crippen molar-refractivity contribution >= 4 is 23.4 Å². The number of benzene rings is 3. The Morgan fingerprint density at radius 3 is 2.56 bits per heavy atom. The molecule has 4 rings (SSSR count). The van der Waals surface area contributed by atoms with Gasteiger partial charge in [-0.2, -0.15) is 0 Å². The van der Waals surface area contributed by atoms with Crippen LogP contribution in [0.25, 0.3) is 0 Å². The fraction of sp³-hybridized carbons (Fsp3) is 0.222. The summed E-state index contributed by atoms with van der Waals surface area (Å²) in [6.07, 6.45) is 0. The van der Waals surface area contributed by atoms with Crippen molar-refractivity contribution in [1.82, 2.24) is 14.8 Å². The van der Waals surface area contributed by atoms with Crippen LogP contribution >= 0.6 is 11.8 Å². The van der Waals surface area contributed by atoms with Crippen molar-refractivity contribution in [3.05, 3.63) is 101 Å². The van der Waals surface area contributed by atoms with Crippen molar-refractivity contribution in [2.45, 2.75) is 39.1 Å². The number of carbonyl (C=O) groups excluding carboxylic acids is 1. The number of amides is 1. The number of carbonyl (C=O) groups is 1. The van der Waals surface area contributed by atoms with E-state index in [2.05, 4.69) is 27.6 Å². The minimum atomic E-state index is -0.0782. The first kappa shape index (κ1) is 23.6. The number of nitrogens with zero attached hydrogens (tertiary/aromatic N) is 3. The number of ether oxygens (including phenoxy) is 1. The van der Waals surface area contributed by atoms with Crippen LogP contribution in [0.1, 0.15) is 28.1 Å². The number of hydrogen-bond acceptors (Lipinski definition) is 5. The van der Waals surface area contributed by atoms with Gasteiger partial charge in [0.25, 0.3) is 0 Å². The van der Waals surface area contributed by atoms with Crippen molar-refractivity contribution < 1.29 is 9.53 Å². The van der Waals surface area contributed by atoms with Crippen molar-refractivity contribution in [3.8, 4) is 5.75 Å². The first-order valence-corrected chi connectivity index (χ1v) is 12.1. The van der Waals surface area contributed by atoms with E-state index in [0.717, 1.165) is 33.7 Å². The highest BCUT2D eigenvalue weighted by atomic mass is 32.2. The number of thioether (sulfide) groups is 1. The van der Waals surface area contributed by atoms with Gasteiger partial charge in [-0.25, -0.2) is 0 Å². The Kier molecular flexibility index (Phi) is 7.65. The molecule has 6 nitrogen and oxygen atoms in total. The molecule has 0 radical (unpaired) electrons. The minimum absolute atomic E-state index is 0.0782. The van der Waals surface area contributed by atoms with Gasteiger partial charge < -0.3 is 10.1 Å². The van der Waals surface area contributed by atoms with Crippen LogP contribution in [0.3, 0.4) is 0 Å². The van der Waals surface area contributed by atoms with E-state index < -0.39 is 0 Å². The molecule has 1 amide bonds. The van der Waals surface area contributed by atoms with Crippen LogP contribution in [0.4, 0.5) is 5.69 Å². The smallest absolute Gasteiger partial charge is 0.234 e. The highest BCUT2D eigenvalue weighted by Crippen LogP contribution is 2.22. The molecule has 1 heterocycles. The van der Waals surface area contributed by atoms with Crippen molar-refractivity contribution in [1.29, 1.82) is 0 Å². The normalized spacial score (nSPS) is 10.8. The fourth-order valence-corrected chi connectivity index (χ4v) is 4.27. The summed E-state index contributed by atoms with van der Waals surface area (Å²) in [7, 11) is 0. The zero-order valence-corrected chi connectivity index (χ0v) is 20.4. The molecule has 0 saturated heterocycles. The van der Waals surface area contributed by atoms with Gasteiger partial charge >= 0.3 is 0 Å². The lowest BCUT2D eigenvalue weighted by atomic mass is 10.1. The maximum Gasteiger partial charge on any atom is 0.234 e. The van der Waals surface area contributed by atoms with E-state index in [1.54, 1.807) is 0 Å². The number of aryl methyl sites for hydroxylation is 2. The fourth-order valence-electron chi connectivity index (χ4n) is 3.51. The maximum absolute atomic E-state index is 12.7. The summed E-state index contributed by atoms with van der Waals surface area (Å²) in [5.41, 5.74) is 5.31. The molecular weight excluding hydrogens is 444 g/mol. The quantitative estimate of drug-likeness (QED) is 0.323. The molecule has 0 aliphatic rings. The van der Waals surface area contributed by atoms with Crippen LogP contribution in [0.15, 0.2) is 78.0 Å². The van der Waals surface area contributed by atoms with Gasteiger partial charge in [-0.05, 0) is 61.2 Å². The lowest BCUT2D eigenvalue weighted by Gasteiger charge is -2.12. The number of rotatable bonds is 9. The Labute approximate surface area is 204 Å². The molecule has 34 heavy (non-hydrogen) atoms. The van der Waals surface area contributed by atoms with E-state index in [0.29, 0.717) is 24.1 Å². The van der Waals surface area contributed by atoms with Gasteiger partial charge in [0.15, 0.2) is 11.0 Å². The molecule has 174 valence electrons. The molecule has 1 aromatic heterocycles. The number of hydrogen-bond donors (Lipinski definition) is 1. The van der Waals surface area contributed by atoms with Gasteiger partial charge in [0.05, 0.1) is 12.3 Å². The Morgan fingerprint density at radius 1 is 0.971 bits per heavy atom. The van der Waals surface area contributed by atoms with Crippen LogP contribution in [0, 0.1) is 20.8 Å². The summed E-state index contributed by atoms with van der Waals surface area (Å²) in [5.74, 6) is 1.66. The molecule has 0 unspecified atom stereocenters. The SMILES string of the molecule is Cc1cccc(OCc2nnc(SCC(=O)Nc3cccc(C)c3C)n2Cc2ccccc2)c1. The molecule has 0 aliphatic carbocycles. The second-order valence-electron chi connectivity index (χ2n) is 8.16. The predicted molar refractivity (Wildman–Crippen MR) is 136 cm³/mol. The van der Waals surface area contributed by atoms with Gasteiger partial charge in [0.2, 0.25) is 5.91 Å². The highest BCUT2D eigenvalue weighted by molar-refractivity contribution is 7.99. The summed E-state index contributed by atoms with van der Waals surface area (Å²) >= 11 is 1.37. The van der Waals surface area contributed by atoms with Gasteiger partial charge in [0.1, 0.15) is 12.4 Å². The predicted octanol–water partition coefficient (Wildman–Crippen LogP) is 5.56. The van der Waals surface area contributed by atoms with Crippen LogP contribution in [0.2, 0.25) is 0 Å². The second-order valence-corrected chi connectivity index (χ2v) is 9.10. The first-order chi connectivity index (χ1) is 16.5. The molecule has 0 fully saturated rings. The van der Waals surface area contributed by atoms with E-state index in [1.807, 2.05) is 86.0 Å². The van der Waals surface area contributed by atoms with E-state index >= 15 is 0 Å². The largest absolute Gasteiger partial charge is 0.486 e. The minimum Gasteiger partial charge on any atom is -0.486 e. The summed E-state index contributed by atoms with van der Waals surface area (Å²) in [6.45, 7) is 6.96. The van der Waals surface area contributed by atoms with Crippen LogP contribution in [-0.2, 0) is 17.9 Å². The first-order valence-electron chi connectivity index (χ1n) is 11.1. The van der Waals surface area contributed by atoms with Gasteiger partial charge in [-0.1, -0.05) is 66.4 Å². The number of nitrogens with one attached hydrogen (secondary N) is 1.